The van der Waals surface area contributed by atoms with E-state index in [1.165, 1.54) is 27.0 Å². The number of methoxy groups -OCH3 is 1. The summed E-state index contributed by atoms with van der Waals surface area (Å²) in [6.07, 6.45) is -28.3. The highest BCUT2D eigenvalue weighted by molar-refractivity contribution is 5.87. The molecule has 0 amide bonds. The minimum absolute atomic E-state index is 0.0866. The molecule has 0 spiro atoms. The summed E-state index contributed by atoms with van der Waals surface area (Å²) in [6.45, 7) is 15.7. The standard InChI is InChI=1S/C66H94O27/c1-29-42(72)44(74)48(78)56(84-29)92-54-53(86-31(3)69)50(89-41(71)18-13-32-11-14-33(83-10)15-12-32)30(2)85-59(54)93-60(82)66-24-23-61(4,5)25-35(66)34-16-17-38-62(6)21-20-40(63(7,28-68)37(62)19-22-64(38,8)65(34,9)26-39(66)70)88-58-52(47(77)46(76)51(90-58)55(80)81)91-57-49(79)45(75)43(73)36(27-67)87-57/h11-16,18,28-30,35-40,42-54,56-59,67,70,72-79H,17,19-27H2,1-10H3,(H,80,81)/b18-13+/t29-,30-,35?,36+,37?,38?,39+,40-,42-,43-,44+,45-,46-,47-,48+,49+,50+,51-,52+,53+,54-,56-,57-,58+,59+,62-,63-,64+,65+,66+/m0/s1. The van der Waals surface area contributed by atoms with Gasteiger partial charge in [0.1, 0.15) is 78.5 Å². The van der Waals surface area contributed by atoms with Gasteiger partial charge in [0.2, 0.25) is 6.29 Å². The molecular weight excluding hydrogens is 1220 g/mol. The molecule has 3 unspecified atom stereocenters. The minimum atomic E-state index is -2.10. The van der Waals surface area contributed by atoms with Gasteiger partial charge in [-0.15, -0.1) is 0 Å². The maximum absolute atomic E-state index is 15.9. The molecular formula is C66H94O27. The van der Waals surface area contributed by atoms with Crippen LogP contribution in [0.5, 0.6) is 5.75 Å². The number of aliphatic carboxylic acids is 1. The summed E-state index contributed by atoms with van der Waals surface area (Å²) in [5.41, 5.74) is -3.76. The lowest BCUT2D eigenvalue weighted by molar-refractivity contribution is -0.373. The van der Waals surface area contributed by atoms with Gasteiger partial charge in [-0.2, -0.15) is 0 Å². The smallest absolute Gasteiger partial charge is 0.335 e. The predicted molar refractivity (Wildman–Crippen MR) is 318 cm³/mol. The van der Waals surface area contributed by atoms with E-state index in [0.29, 0.717) is 49.8 Å². The molecule has 27 nitrogen and oxygen atoms in total. The van der Waals surface area contributed by atoms with Crippen molar-refractivity contribution in [2.45, 2.75) is 255 Å². The lowest BCUT2D eigenvalue weighted by atomic mass is 9.33. The van der Waals surface area contributed by atoms with E-state index >= 15 is 4.79 Å². The first kappa shape index (κ1) is 71.2. The molecule has 30 atom stereocenters. The molecule has 5 aliphatic carbocycles. The number of ether oxygens (including phenoxy) is 11. The van der Waals surface area contributed by atoms with Gasteiger partial charge < -0.3 is 113 Å². The zero-order valence-corrected chi connectivity index (χ0v) is 54.1. The maximum atomic E-state index is 15.9. The number of hydrogen-bond acceptors (Lipinski definition) is 26. The summed E-state index contributed by atoms with van der Waals surface area (Å²) in [6, 6.07) is 6.81. The molecule has 0 radical (unpaired) electrons. The van der Waals surface area contributed by atoms with Crippen LogP contribution in [0.3, 0.4) is 0 Å². The van der Waals surface area contributed by atoms with Gasteiger partial charge >= 0.3 is 23.9 Å². The average Bonchev–Trinajstić information content (AvgIpc) is 0.672. The Morgan fingerprint density at radius 1 is 0.634 bits per heavy atom. The molecule has 4 aliphatic heterocycles. The summed E-state index contributed by atoms with van der Waals surface area (Å²) in [5.74, 6) is -4.89. The fourth-order valence-electron chi connectivity index (χ4n) is 17.8. The van der Waals surface area contributed by atoms with Crippen molar-refractivity contribution in [3.63, 3.8) is 0 Å². The van der Waals surface area contributed by atoms with Crippen LogP contribution >= 0.6 is 0 Å². The molecule has 4 saturated heterocycles. The second kappa shape index (κ2) is 26.7. The zero-order valence-electron chi connectivity index (χ0n) is 54.1. The lowest BCUT2D eigenvalue weighted by Crippen LogP contribution is -2.69. The Hall–Kier alpha value is -4.63. The first-order chi connectivity index (χ1) is 43.6. The van der Waals surface area contributed by atoms with Crippen molar-refractivity contribution in [2.75, 3.05) is 13.7 Å². The molecule has 11 N–H and O–H groups in total. The summed E-state index contributed by atoms with van der Waals surface area (Å²) in [4.78, 5) is 69.2. The van der Waals surface area contributed by atoms with Crippen LogP contribution in [0, 0.1) is 50.2 Å². The second-order valence-corrected chi connectivity index (χ2v) is 29.1. The van der Waals surface area contributed by atoms with Crippen molar-refractivity contribution in [3.8, 4) is 5.75 Å². The Morgan fingerprint density at radius 3 is 1.91 bits per heavy atom. The lowest BCUT2D eigenvalue weighted by Gasteiger charge is -2.71. The summed E-state index contributed by atoms with van der Waals surface area (Å²) in [5, 5.41) is 121. The largest absolute Gasteiger partial charge is 0.497 e. The van der Waals surface area contributed by atoms with Gasteiger partial charge in [-0.3, -0.25) is 9.59 Å². The molecule has 0 aromatic heterocycles. The van der Waals surface area contributed by atoms with Crippen LogP contribution in [0.2, 0.25) is 0 Å². The van der Waals surface area contributed by atoms with Crippen molar-refractivity contribution < 1.29 is 132 Å². The van der Waals surface area contributed by atoms with Crippen molar-refractivity contribution in [1.29, 1.82) is 0 Å². The Balaban J connectivity index is 0.940. The van der Waals surface area contributed by atoms with Crippen molar-refractivity contribution in [1.82, 2.24) is 0 Å². The molecule has 0 bridgehead atoms. The van der Waals surface area contributed by atoms with E-state index in [1.807, 2.05) is 0 Å². The van der Waals surface area contributed by atoms with Gasteiger partial charge in [0.15, 0.2) is 43.3 Å². The molecule has 4 saturated carbocycles. The molecule has 27 heteroatoms. The third-order valence-corrected chi connectivity index (χ3v) is 23.3. The second-order valence-electron chi connectivity index (χ2n) is 29.1. The molecule has 1 aromatic rings. The average molecular weight is 1320 g/mol. The number of rotatable bonds is 16. The molecule has 8 fully saturated rings. The molecule has 520 valence electrons. The summed E-state index contributed by atoms with van der Waals surface area (Å²) >= 11 is 0. The van der Waals surface area contributed by atoms with E-state index in [4.69, 9.17) is 52.1 Å². The SMILES string of the molecule is COc1ccc(/C=C/C(=O)O[C@H]2[C@@H](OC(C)=O)[C@H](O[C@@H]3O[C@@H](C)[C@H](O)[C@@H](O)[C@H]3O)[C@@H](OC(=O)[C@]34CCC(C)(C)CC3C3=CCC5[C@@]6(C)CC[C@H](O[C@@H]7O[C@H](C(=O)O)[C@@H](O)[C@H](O)[C@H]7O[C@@H]7O[C@H](CO)[C@H](O)[C@H](O)[C@H]7O)[C@@](C)(C=O)C6CC[C@@]5(C)[C@]3(C)C[C@H]4O)O[C@H]2C)cc1. The number of aldehydes is 1. The van der Waals surface area contributed by atoms with E-state index in [1.54, 1.807) is 31.2 Å². The van der Waals surface area contributed by atoms with Crippen LogP contribution in [0.25, 0.3) is 6.08 Å². The van der Waals surface area contributed by atoms with E-state index in [9.17, 15) is 75.3 Å². The van der Waals surface area contributed by atoms with Crippen molar-refractivity contribution in [3.05, 3.63) is 47.6 Å². The molecule has 10 rings (SSSR count). The maximum Gasteiger partial charge on any atom is 0.335 e. The number of aliphatic hydroxyl groups is 10. The number of fused-ring (bicyclic) bond motifs is 7. The van der Waals surface area contributed by atoms with Gasteiger partial charge in [-0.25, -0.2) is 9.59 Å². The van der Waals surface area contributed by atoms with Crippen LogP contribution in [0.4, 0.5) is 0 Å². The van der Waals surface area contributed by atoms with Gasteiger partial charge in [-0.05, 0) is 135 Å². The van der Waals surface area contributed by atoms with E-state index in [2.05, 4.69) is 40.7 Å². The minimum Gasteiger partial charge on any atom is -0.497 e. The Morgan fingerprint density at radius 2 is 1.28 bits per heavy atom. The third-order valence-electron chi connectivity index (χ3n) is 23.3. The number of aliphatic hydroxyl groups excluding tert-OH is 10. The topological polar surface area (TPSA) is 409 Å². The number of benzene rings is 1. The zero-order chi connectivity index (χ0) is 68.0. The Kier molecular flexibility index (Phi) is 20.4. The van der Waals surface area contributed by atoms with Crippen LogP contribution in [0.1, 0.15) is 126 Å². The van der Waals surface area contributed by atoms with E-state index < -0.39 is 204 Å². The van der Waals surface area contributed by atoms with Gasteiger partial charge in [-0.1, -0.05) is 65.3 Å². The number of allylic oxidation sites excluding steroid dienone is 2. The molecule has 93 heavy (non-hydrogen) atoms. The first-order valence-electron chi connectivity index (χ1n) is 32.3. The molecule has 1 aromatic carbocycles. The van der Waals surface area contributed by atoms with Crippen molar-refractivity contribution in [2.24, 2.45) is 50.2 Å². The van der Waals surface area contributed by atoms with Crippen LogP contribution in [0.15, 0.2) is 42.0 Å². The predicted octanol–water partition coefficient (Wildman–Crippen LogP) is 1.11. The highest BCUT2D eigenvalue weighted by atomic mass is 16.8. The molecule has 9 aliphatic rings. The number of hydrogen-bond donors (Lipinski definition) is 11. The number of esters is 3. The molecule has 4 heterocycles. The van der Waals surface area contributed by atoms with Crippen LogP contribution in [-0.2, 0) is 71.3 Å². The quantitative estimate of drug-likeness (QED) is 0.0276. The number of carboxylic acid groups (broad SMARTS) is 1. The van der Waals surface area contributed by atoms with Gasteiger partial charge in [0.05, 0.1) is 43.5 Å². The number of carboxylic acids is 1. The van der Waals surface area contributed by atoms with Crippen molar-refractivity contribution >= 4 is 36.2 Å². The Labute approximate surface area is 539 Å². The monoisotopic (exact) mass is 1320 g/mol. The normalized spacial score (nSPS) is 47.9. The van der Waals surface area contributed by atoms with E-state index in [0.717, 1.165) is 24.9 Å². The van der Waals surface area contributed by atoms with Crippen LogP contribution in [-0.4, -0.2) is 235 Å². The Bertz CT molecular complexity index is 2960. The fraction of sp³-hybridized carbons (Fsp3) is 0.773. The summed E-state index contributed by atoms with van der Waals surface area (Å²) < 4.78 is 66.2. The fourth-order valence-corrected chi connectivity index (χ4v) is 17.8. The highest BCUT2D eigenvalue weighted by Crippen LogP contribution is 2.76. The van der Waals surface area contributed by atoms with E-state index in [-0.39, 0.29) is 30.6 Å². The number of carbonyl (C=O) groups excluding carboxylic acids is 4. The summed E-state index contributed by atoms with van der Waals surface area (Å²) in [7, 11) is 1.52. The van der Waals surface area contributed by atoms with Crippen LogP contribution < -0.4 is 4.74 Å². The third kappa shape index (κ3) is 12.4. The first-order valence-corrected chi connectivity index (χ1v) is 32.3. The number of carbonyl (C=O) groups is 5. The van der Waals surface area contributed by atoms with Gasteiger partial charge in [0, 0.05) is 13.0 Å². The van der Waals surface area contributed by atoms with Gasteiger partial charge in [0.25, 0.3) is 0 Å². The highest BCUT2D eigenvalue weighted by Gasteiger charge is 2.73.